The number of nitrogens with one attached hydrogen (secondary N) is 1. The second-order valence-corrected chi connectivity index (χ2v) is 5.36. The van der Waals surface area contributed by atoms with Crippen LogP contribution >= 0.6 is 0 Å². The predicted molar refractivity (Wildman–Crippen MR) is 77.4 cm³/mol. The Hall–Kier alpha value is -1.61. The van der Waals surface area contributed by atoms with Crippen LogP contribution in [0.25, 0.3) is 0 Å². The van der Waals surface area contributed by atoms with Crippen LogP contribution < -0.4 is 5.32 Å². The number of fused-ring (bicyclic) bond motifs is 1. The summed E-state index contributed by atoms with van der Waals surface area (Å²) in [7, 11) is 0. The lowest BCUT2D eigenvalue weighted by Crippen LogP contribution is -2.32. The summed E-state index contributed by atoms with van der Waals surface area (Å²) in [5.74, 6) is 0. The molecule has 1 N–H and O–H groups in total. The molecule has 1 aromatic carbocycles. The SMILES string of the molecule is CCn1cnc2c1C(c1ccc(C)cc1C)NCC2. The molecule has 100 valence electrons. The van der Waals surface area contributed by atoms with Gasteiger partial charge in [0.25, 0.3) is 0 Å². The van der Waals surface area contributed by atoms with Gasteiger partial charge >= 0.3 is 0 Å². The van der Waals surface area contributed by atoms with Crippen molar-refractivity contribution in [2.45, 2.75) is 39.8 Å². The highest BCUT2D eigenvalue weighted by molar-refractivity contribution is 5.39. The van der Waals surface area contributed by atoms with Gasteiger partial charge in [0.15, 0.2) is 0 Å². The molecule has 2 heterocycles. The molecule has 0 aliphatic carbocycles. The van der Waals surface area contributed by atoms with Gasteiger partial charge in [0.05, 0.1) is 23.8 Å². The smallest absolute Gasteiger partial charge is 0.0952 e. The van der Waals surface area contributed by atoms with Gasteiger partial charge in [-0.1, -0.05) is 23.8 Å². The topological polar surface area (TPSA) is 29.9 Å². The van der Waals surface area contributed by atoms with Gasteiger partial charge < -0.3 is 9.88 Å². The molecular weight excluding hydrogens is 234 g/mol. The zero-order chi connectivity index (χ0) is 13.4. The van der Waals surface area contributed by atoms with Crippen LogP contribution in [0.5, 0.6) is 0 Å². The van der Waals surface area contributed by atoms with Crippen molar-refractivity contribution in [1.82, 2.24) is 14.9 Å². The van der Waals surface area contributed by atoms with Crippen molar-refractivity contribution >= 4 is 0 Å². The second kappa shape index (κ2) is 4.82. The summed E-state index contributed by atoms with van der Waals surface area (Å²) in [5.41, 5.74) is 6.66. The van der Waals surface area contributed by atoms with E-state index in [1.165, 1.54) is 28.1 Å². The second-order valence-electron chi connectivity index (χ2n) is 5.36. The average molecular weight is 255 g/mol. The van der Waals surface area contributed by atoms with Crippen LogP contribution in [-0.2, 0) is 13.0 Å². The lowest BCUT2D eigenvalue weighted by atomic mass is 9.93. The largest absolute Gasteiger partial charge is 0.333 e. The molecule has 19 heavy (non-hydrogen) atoms. The van der Waals surface area contributed by atoms with Crippen LogP contribution in [0.4, 0.5) is 0 Å². The van der Waals surface area contributed by atoms with Gasteiger partial charge in [0, 0.05) is 19.5 Å². The fourth-order valence-electron chi connectivity index (χ4n) is 3.05. The third-order valence-corrected chi connectivity index (χ3v) is 4.02. The van der Waals surface area contributed by atoms with Crippen LogP contribution in [0, 0.1) is 13.8 Å². The third-order valence-electron chi connectivity index (χ3n) is 4.02. The molecular formula is C16H21N3. The summed E-state index contributed by atoms with van der Waals surface area (Å²) in [6, 6.07) is 7.00. The molecule has 1 aliphatic heterocycles. The van der Waals surface area contributed by atoms with Crippen LogP contribution in [0.1, 0.15) is 41.0 Å². The maximum absolute atomic E-state index is 4.57. The molecule has 1 aromatic heterocycles. The summed E-state index contributed by atoms with van der Waals surface area (Å²) in [5, 5.41) is 3.65. The Kier molecular flexibility index (Phi) is 3.15. The van der Waals surface area contributed by atoms with Crippen molar-refractivity contribution in [2.75, 3.05) is 6.54 Å². The summed E-state index contributed by atoms with van der Waals surface area (Å²) in [6.07, 6.45) is 3.01. The van der Waals surface area contributed by atoms with Crippen LogP contribution in [0.3, 0.4) is 0 Å². The van der Waals surface area contributed by atoms with Crippen molar-refractivity contribution in [3.05, 3.63) is 52.6 Å². The molecule has 1 atom stereocenters. The van der Waals surface area contributed by atoms with E-state index < -0.39 is 0 Å². The molecule has 3 rings (SSSR count). The molecule has 0 amide bonds. The van der Waals surface area contributed by atoms with Gasteiger partial charge in [0.2, 0.25) is 0 Å². The number of aromatic nitrogens is 2. The van der Waals surface area contributed by atoms with E-state index in [2.05, 4.69) is 53.8 Å². The highest BCUT2D eigenvalue weighted by Gasteiger charge is 2.26. The third kappa shape index (κ3) is 2.08. The van der Waals surface area contributed by atoms with Gasteiger partial charge in [-0.15, -0.1) is 0 Å². The fourth-order valence-corrected chi connectivity index (χ4v) is 3.05. The first kappa shape index (κ1) is 12.4. The first-order chi connectivity index (χ1) is 9.20. The van der Waals surface area contributed by atoms with Gasteiger partial charge in [-0.25, -0.2) is 4.98 Å². The first-order valence-electron chi connectivity index (χ1n) is 7.05. The van der Waals surface area contributed by atoms with E-state index in [9.17, 15) is 0 Å². The van der Waals surface area contributed by atoms with Gasteiger partial charge in [-0.05, 0) is 31.9 Å². The van der Waals surface area contributed by atoms with Crippen LogP contribution in [-0.4, -0.2) is 16.1 Å². The van der Waals surface area contributed by atoms with E-state index >= 15 is 0 Å². The standard InChI is InChI=1S/C16H21N3/c1-4-19-10-18-14-7-8-17-15(16(14)19)13-6-5-11(2)9-12(13)3/h5-6,9-10,15,17H,4,7-8H2,1-3H3. The normalized spacial score (nSPS) is 18.4. The van der Waals surface area contributed by atoms with E-state index in [0.717, 1.165) is 19.5 Å². The summed E-state index contributed by atoms with van der Waals surface area (Å²) in [6.45, 7) is 8.50. The minimum atomic E-state index is 0.284. The van der Waals surface area contributed by atoms with Crippen LogP contribution in [0.2, 0.25) is 0 Å². The fraction of sp³-hybridized carbons (Fsp3) is 0.438. The quantitative estimate of drug-likeness (QED) is 0.894. The highest BCUT2D eigenvalue weighted by atomic mass is 15.1. The van der Waals surface area contributed by atoms with Crippen molar-refractivity contribution in [1.29, 1.82) is 0 Å². The molecule has 0 fully saturated rings. The average Bonchev–Trinajstić information content (AvgIpc) is 2.82. The van der Waals surface area contributed by atoms with E-state index in [-0.39, 0.29) is 6.04 Å². The minimum Gasteiger partial charge on any atom is -0.333 e. The maximum atomic E-state index is 4.57. The summed E-state index contributed by atoms with van der Waals surface area (Å²) in [4.78, 5) is 4.57. The minimum absolute atomic E-state index is 0.284. The zero-order valence-electron chi connectivity index (χ0n) is 11.9. The Bertz CT molecular complexity index is 585. The first-order valence-corrected chi connectivity index (χ1v) is 7.05. The Morgan fingerprint density at radius 1 is 1.37 bits per heavy atom. The molecule has 1 aliphatic rings. The number of nitrogens with zero attached hydrogens (tertiary/aromatic N) is 2. The van der Waals surface area contributed by atoms with Crippen molar-refractivity contribution in [2.24, 2.45) is 0 Å². The van der Waals surface area contributed by atoms with Crippen LogP contribution in [0.15, 0.2) is 24.5 Å². The molecule has 3 nitrogen and oxygen atoms in total. The van der Waals surface area contributed by atoms with E-state index in [4.69, 9.17) is 0 Å². The Balaban J connectivity index is 2.10. The zero-order valence-corrected chi connectivity index (χ0v) is 11.9. The molecule has 0 spiro atoms. The molecule has 2 aromatic rings. The number of hydrogen-bond donors (Lipinski definition) is 1. The Morgan fingerprint density at radius 3 is 2.95 bits per heavy atom. The number of benzene rings is 1. The lowest BCUT2D eigenvalue weighted by Gasteiger charge is -2.27. The highest BCUT2D eigenvalue weighted by Crippen LogP contribution is 2.30. The van der Waals surface area contributed by atoms with Crippen molar-refractivity contribution in [3.8, 4) is 0 Å². The molecule has 0 saturated carbocycles. The number of hydrogen-bond acceptors (Lipinski definition) is 2. The van der Waals surface area contributed by atoms with Gasteiger partial charge in [-0.2, -0.15) is 0 Å². The number of imidazole rings is 1. The van der Waals surface area contributed by atoms with E-state index in [1.54, 1.807) is 0 Å². The maximum Gasteiger partial charge on any atom is 0.0952 e. The summed E-state index contributed by atoms with van der Waals surface area (Å²) >= 11 is 0. The Labute approximate surface area is 114 Å². The molecule has 1 unspecified atom stereocenters. The van der Waals surface area contributed by atoms with E-state index in [0.29, 0.717) is 0 Å². The number of aryl methyl sites for hydroxylation is 3. The van der Waals surface area contributed by atoms with E-state index in [1.807, 2.05) is 6.33 Å². The van der Waals surface area contributed by atoms with Gasteiger partial charge in [0.1, 0.15) is 0 Å². The monoisotopic (exact) mass is 255 g/mol. The Morgan fingerprint density at radius 2 is 2.21 bits per heavy atom. The predicted octanol–water partition coefficient (Wildman–Crippen LogP) is 2.75. The number of rotatable bonds is 2. The molecule has 0 bridgehead atoms. The van der Waals surface area contributed by atoms with Crippen molar-refractivity contribution < 1.29 is 0 Å². The van der Waals surface area contributed by atoms with Gasteiger partial charge in [-0.3, -0.25) is 0 Å². The molecule has 0 saturated heterocycles. The molecule has 3 heteroatoms. The van der Waals surface area contributed by atoms with Crippen molar-refractivity contribution in [3.63, 3.8) is 0 Å². The lowest BCUT2D eigenvalue weighted by molar-refractivity contribution is 0.522. The molecule has 0 radical (unpaired) electrons. The summed E-state index contributed by atoms with van der Waals surface area (Å²) < 4.78 is 2.27.